The molecule has 1 N–H and O–H groups in total. The summed E-state index contributed by atoms with van der Waals surface area (Å²) in [5, 5.41) is 11.4. The minimum Gasteiger partial charge on any atom is -0.472 e. The lowest BCUT2D eigenvalue weighted by atomic mass is 10.1. The van der Waals surface area contributed by atoms with Crippen molar-refractivity contribution in [2.75, 3.05) is 32.1 Å². The lowest BCUT2D eigenvalue weighted by Crippen LogP contribution is -2.57. The summed E-state index contributed by atoms with van der Waals surface area (Å²) in [5.74, 6) is 0. The molecule has 1 aromatic heterocycles. The van der Waals surface area contributed by atoms with Gasteiger partial charge in [-0.15, -0.1) is 5.10 Å². The largest absolute Gasteiger partial charge is 0.472 e. The van der Waals surface area contributed by atoms with E-state index in [0.717, 1.165) is 19.6 Å². The molecule has 20 heavy (non-hydrogen) atoms. The topological polar surface area (TPSA) is 70.6 Å². The minimum atomic E-state index is -0.0946. The van der Waals surface area contributed by atoms with Gasteiger partial charge in [0.2, 0.25) is 5.13 Å². The number of carbonyl (C=O) groups excluding carboxylic acids is 1. The maximum atomic E-state index is 12.4. The Morgan fingerprint density at radius 2 is 2.30 bits per heavy atom. The van der Waals surface area contributed by atoms with Gasteiger partial charge in [0.15, 0.2) is 0 Å². The van der Waals surface area contributed by atoms with E-state index in [9.17, 15) is 4.79 Å². The van der Waals surface area contributed by atoms with Gasteiger partial charge >= 0.3 is 6.03 Å². The van der Waals surface area contributed by atoms with Crippen LogP contribution >= 0.6 is 11.3 Å². The summed E-state index contributed by atoms with van der Waals surface area (Å²) in [6.07, 6.45) is 2.42. The Labute approximate surface area is 121 Å². The maximum Gasteiger partial charge on any atom is 0.324 e. The monoisotopic (exact) mass is 297 g/mol. The van der Waals surface area contributed by atoms with E-state index >= 15 is 0 Å². The highest BCUT2D eigenvalue weighted by Crippen LogP contribution is 2.26. The number of aromatic nitrogens is 2. The molecule has 0 aliphatic carbocycles. The number of hydrogen-bond donors (Lipinski definition) is 1. The van der Waals surface area contributed by atoms with Crippen molar-refractivity contribution < 1.29 is 9.53 Å². The molecule has 2 amide bonds. The van der Waals surface area contributed by atoms with Gasteiger partial charge in [-0.1, -0.05) is 5.10 Å². The molecule has 110 valence electrons. The quantitative estimate of drug-likeness (QED) is 0.889. The number of urea groups is 1. The number of amides is 2. The number of rotatable bonds is 2. The normalized spacial score (nSPS) is 26.4. The summed E-state index contributed by atoms with van der Waals surface area (Å²) >= 11 is 1.23. The third-order valence-electron chi connectivity index (χ3n) is 3.99. The lowest BCUT2D eigenvalue weighted by molar-refractivity contribution is 0.0861. The number of ether oxygens (including phenoxy) is 1. The molecule has 2 aliphatic rings. The number of piperazine rings is 1. The van der Waals surface area contributed by atoms with E-state index in [1.807, 2.05) is 4.90 Å². The van der Waals surface area contributed by atoms with Crippen LogP contribution in [0.5, 0.6) is 5.19 Å². The van der Waals surface area contributed by atoms with Crippen molar-refractivity contribution in [2.45, 2.75) is 31.8 Å². The Bertz CT molecular complexity index is 494. The van der Waals surface area contributed by atoms with Crippen molar-refractivity contribution in [2.24, 2.45) is 0 Å². The summed E-state index contributed by atoms with van der Waals surface area (Å²) in [6.45, 7) is 5.01. The number of fused-ring (bicyclic) bond motifs is 1. The molecule has 3 heterocycles. The Kier molecular flexibility index (Phi) is 3.75. The molecule has 0 bridgehead atoms. The van der Waals surface area contributed by atoms with Crippen molar-refractivity contribution in [3.63, 3.8) is 0 Å². The second kappa shape index (κ2) is 5.53. The first kappa shape index (κ1) is 13.6. The number of nitrogens with zero attached hydrogens (tertiary/aromatic N) is 4. The molecule has 2 atom stereocenters. The standard InChI is InChI=1S/C12H19N5O2S/c1-8-6-16-5-3-4-9(16)7-17(8)11(18)13-10-14-15-12(19-2)20-10/h8-9H,3-7H2,1-2H3,(H,13,14,18)/t8-,9-/m0/s1. The molecular weight excluding hydrogens is 278 g/mol. The summed E-state index contributed by atoms with van der Waals surface area (Å²) < 4.78 is 4.97. The maximum absolute atomic E-state index is 12.4. The summed E-state index contributed by atoms with van der Waals surface area (Å²) in [5.41, 5.74) is 0. The van der Waals surface area contributed by atoms with Crippen LogP contribution in [0.25, 0.3) is 0 Å². The van der Waals surface area contributed by atoms with E-state index in [1.54, 1.807) is 0 Å². The molecule has 7 nitrogen and oxygen atoms in total. The summed E-state index contributed by atoms with van der Waals surface area (Å²) in [6, 6.07) is 0.642. The van der Waals surface area contributed by atoms with Crippen molar-refractivity contribution in [3.05, 3.63) is 0 Å². The lowest BCUT2D eigenvalue weighted by Gasteiger charge is -2.41. The molecule has 2 aliphatic heterocycles. The SMILES string of the molecule is COc1nnc(NC(=O)N2C[C@@H]3CCCN3C[C@@H]2C)s1. The molecule has 2 saturated heterocycles. The first-order valence-corrected chi connectivity index (χ1v) is 7.68. The third-order valence-corrected chi connectivity index (χ3v) is 4.79. The Balaban J connectivity index is 1.64. The fourth-order valence-electron chi connectivity index (χ4n) is 2.98. The highest BCUT2D eigenvalue weighted by Gasteiger charge is 2.36. The van der Waals surface area contributed by atoms with Crippen LogP contribution in [-0.2, 0) is 0 Å². The summed E-state index contributed by atoms with van der Waals surface area (Å²) in [7, 11) is 1.54. The smallest absolute Gasteiger partial charge is 0.324 e. The average Bonchev–Trinajstić information content (AvgIpc) is 3.05. The van der Waals surface area contributed by atoms with Crippen LogP contribution in [0.1, 0.15) is 19.8 Å². The number of hydrogen-bond acceptors (Lipinski definition) is 6. The highest BCUT2D eigenvalue weighted by molar-refractivity contribution is 7.17. The Morgan fingerprint density at radius 3 is 3.05 bits per heavy atom. The number of methoxy groups -OCH3 is 1. The number of nitrogens with one attached hydrogen (secondary N) is 1. The zero-order valence-corrected chi connectivity index (χ0v) is 12.5. The van der Waals surface area contributed by atoms with Crippen LogP contribution in [0.2, 0.25) is 0 Å². The molecule has 0 radical (unpaired) electrons. The van der Waals surface area contributed by atoms with Crippen LogP contribution in [0.15, 0.2) is 0 Å². The Hall–Kier alpha value is -1.41. The first-order valence-electron chi connectivity index (χ1n) is 6.86. The van der Waals surface area contributed by atoms with E-state index in [2.05, 4.69) is 27.3 Å². The second-order valence-corrected chi connectivity index (χ2v) is 6.24. The third kappa shape index (κ3) is 2.57. The average molecular weight is 297 g/mol. The van der Waals surface area contributed by atoms with E-state index in [1.165, 1.54) is 31.3 Å². The molecule has 0 saturated carbocycles. The highest BCUT2D eigenvalue weighted by atomic mass is 32.1. The van der Waals surface area contributed by atoms with Gasteiger partial charge in [0.05, 0.1) is 7.11 Å². The zero-order chi connectivity index (χ0) is 14.1. The van der Waals surface area contributed by atoms with Crippen molar-refractivity contribution in [1.29, 1.82) is 0 Å². The van der Waals surface area contributed by atoms with Crippen LogP contribution in [0.4, 0.5) is 9.93 Å². The molecule has 3 rings (SSSR count). The van der Waals surface area contributed by atoms with Gasteiger partial charge in [-0.05, 0) is 37.6 Å². The van der Waals surface area contributed by atoms with Gasteiger partial charge in [0.1, 0.15) is 0 Å². The van der Waals surface area contributed by atoms with E-state index in [4.69, 9.17) is 4.74 Å². The molecule has 8 heteroatoms. The van der Waals surface area contributed by atoms with Crippen molar-refractivity contribution in [3.8, 4) is 5.19 Å². The van der Waals surface area contributed by atoms with Gasteiger partial charge in [-0.3, -0.25) is 10.2 Å². The van der Waals surface area contributed by atoms with Crippen LogP contribution < -0.4 is 10.1 Å². The fraction of sp³-hybridized carbons (Fsp3) is 0.750. The van der Waals surface area contributed by atoms with Gasteiger partial charge in [0.25, 0.3) is 5.19 Å². The van der Waals surface area contributed by atoms with Crippen LogP contribution in [0, 0.1) is 0 Å². The number of carbonyl (C=O) groups is 1. The molecule has 0 aromatic carbocycles. The molecule has 0 unspecified atom stereocenters. The van der Waals surface area contributed by atoms with Gasteiger partial charge in [-0.2, -0.15) is 0 Å². The van der Waals surface area contributed by atoms with Crippen LogP contribution in [0.3, 0.4) is 0 Å². The fourth-order valence-corrected chi connectivity index (χ4v) is 3.53. The van der Waals surface area contributed by atoms with Crippen molar-refractivity contribution >= 4 is 22.5 Å². The molecular formula is C12H19N5O2S. The van der Waals surface area contributed by atoms with Gasteiger partial charge < -0.3 is 9.64 Å². The van der Waals surface area contributed by atoms with Crippen LogP contribution in [-0.4, -0.2) is 64.9 Å². The molecule has 2 fully saturated rings. The predicted molar refractivity (Wildman–Crippen MR) is 76.2 cm³/mol. The molecule has 0 spiro atoms. The zero-order valence-electron chi connectivity index (χ0n) is 11.7. The second-order valence-electron chi connectivity index (χ2n) is 5.30. The summed E-state index contributed by atoms with van der Waals surface area (Å²) in [4.78, 5) is 16.8. The van der Waals surface area contributed by atoms with E-state index in [0.29, 0.717) is 16.4 Å². The van der Waals surface area contributed by atoms with E-state index in [-0.39, 0.29) is 12.1 Å². The van der Waals surface area contributed by atoms with Gasteiger partial charge in [0, 0.05) is 25.2 Å². The van der Waals surface area contributed by atoms with E-state index < -0.39 is 0 Å². The first-order chi connectivity index (χ1) is 9.67. The minimum absolute atomic E-state index is 0.0946. The Morgan fingerprint density at radius 1 is 1.45 bits per heavy atom. The van der Waals surface area contributed by atoms with Crippen molar-refractivity contribution in [1.82, 2.24) is 20.0 Å². The van der Waals surface area contributed by atoms with Gasteiger partial charge in [-0.25, -0.2) is 4.79 Å². The molecule has 1 aromatic rings. The predicted octanol–water partition coefficient (Wildman–Crippen LogP) is 1.25. The number of anilines is 1.